The molecule has 34 heavy (non-hydrogen) atoms. The highest BCUT2D eigenvalue weighted by molar-refractivity contribution is 7.92. The average molecular weight is 471 g/mol. The van der Waals surface area contributed by atoms with Gasteiger partial charge in [0.2, 0.25) is 0 Å². The molecule has 0 aliphatic carbocycles. The number of para-hydroxylation sites is 1. The smallest absolute Gasteiger partial charge is 0.264 e. The Kier molecular flexibility index (Phi) is 6.80. The lowest BCUT2D eigenvalue weighted by molar-refractivity contribution is 0.102. The first kappa shape index (κ1) is 23.3. The summed E-state index contributed by atoms with van der Waals surface area (Å²) in [6, 6.07) is 30.2. The lowest BCUT2D eigenvalue weighted by atomic mass is 10.1. The summed E-state index contributed by atoms with van der Waals surface area (Å²) < 4.78 is 28.8. The predicted molar refractivity (Wildman–Crippen MR) is 137 cm³/mol. The van der Waals surface area contributed by atoms with Gasteiger partial charge in [0, 0.05) is 5.69 Å². The molecular weight excluding hydrogens is 444 g/mol. The largest absolute Gasteiger partial charge is 0.322 e. The molecule has 0 heterocycles. The van der Waals surface area contributed by atoms with E-state index in [1.165, 1.54) is 4.31 Å². The van der Waals surface area contributed by atoms with E-state index in [4.69, 9.17) is 0 Å². The second-order valence-electron chi connectivity index (χ2n) is 8.16. The van der Waals surface area contributed by atoms with E-state index in [0.717, 1.165) is 16.7 Å². The summed E-state index contributed by atoms with van der Waals surface area (Å²) in [6.07, 6.45) is 0. The quantitative estimate of drug-likeness (QED) is 0.363. The third-order valence-corrected chi connectivity index (χ3v) is 7.17. The number of carbonyl (C=O) groups excluding carboxylic acids is 1. The van der Waals surface area contributed by atoms with Crippen molar-refractivity contribution in [1.82, 2.24) is 0 Å². The van der Waals surface area contributed by atoms with E-state index in [-0.39, 0.29) is 22.9 Å². The number of carbonyl (C=O) groups is 1. The molecule has 172 valence electrons. The highest BCUT2D eigenvalue weighted by Gasteiger charge is 2.28. The summed E-state index contributed by atoms with van der Waals surface area (Å²) in [5, 5.41) is 2.93. The van der Waals surface area contributed by atoms with Gasteiger partial charge in [-0.25, -0.2) is 8.42 Å². The summed E-state index contributed by atoms with van der Waals surface area (Å²) in [5.74, 6) is -0.373. The average Bonchev–Trinajstić information content (AvgIpc) is 2.83. The van der Waals surface area contributed by atoms with Crippen molar-refractivity contribution in [2.75, 3.05) is 9.62 Å². The number of hydrogen-bond donors (Lipinski definition) is 1. The van der Waals surface area contributed by atoms with Gasteiger partial charge >= 0.3 is 0 Å². The van der Waals surface area contributed by atoms with Crippen LogP contribution in [-0.2, 0) is 16.6 Å². The lowest BCUT2D eigenvalue weighted by Crippen LogP contribution is -2.32. The molecule has 0 bridgehead atoms. The molecular formula is C28H26N2O3S. The Balaban J connectivity index is 1.78. The maximum absolute atomic E-state index is 13.8. The third kappa shape index (κ3) is 5.18. The third-order valence-electron chi connectivity index (χ3n) is 5.40. The van der Waals surface area contributed by atoms with Crippen LogP contribution in [0, 0.1) is 13.8 Å². The number of nitrogens with one attached hydrogen (secondary N) is 1. The molecule has 0 fully saturated rings. The van der Waals surface area contributed by atoms with Crippen molar-refractivity contribution < 1.29 is 13.2 Å². The van der Waals surface area contributed by atoms with Crippen LogP contribution in [0.5, 0.6) is 0 Å². The number of hydrogen-bond acceptors (Lipinski definition) is 3. The number of rotatable bonds is 7. The Morgan fingerprint density at radius 1 is 0.765 bits per heavy atom. The number of sulfonamides is 1. The Morgan fingerprint density at radius 3 is 1.97 bits per heavy atom. The van der Waals surface area contributed by atoms with Gasteiger partial charge in [0.05, 0.1) is 22.7 Å². The summed E-state index contributed by atoms with van der Waals surface area (Å²) in [6.45, 7) is 4.02. The fraction of sp³-hybridized carbons (Fsp3) is 0.107. The summed E-state index contributed by atoms with van der Waals surface area (Å²) >= 11 is 0. The van der Waals surface area contributed by atoms with Crippen LogP contribution >= 0.6 is 0 Å². The molecule has 4 aromatic carbocycles. The molecule has 0 aromatic heterocycles. The first-order valence-electron chi connectivity index (χ1n) is 10.9. The van der Waals surface area contributed by atoms with Crippen molar-refractivity contribution in [3.63, 3.8) is 0 Å². The van der Waals surface area contributed by atoms with Gasteiger partial charge in [0.1, 0.15) is 0 Å². The van der Waals surface area contributed by atoms with Crippen molar-refractivity contribution in [2.45, 2.75) is 25.3 Å². The normalized spacial score (nSPS) is 11.1. The van der Waals surface area contributed by atoms with E-state index in [1.54, 1.807) is 54.6 Å². The zero-order valence-corrected chi connectivity index (χ0v) is 19.9. The number of benzene rings is 4. The summed E-state index contributed by atoms with van der Waals surface area (Å²) in [4.78, 5) is 13.5. The fourth-order valence-corrected chi connectivity index (χ4v) is 5.39. The molecule has 4 aromatic rings. The molecule has 6 heteroatoms. The van der Waals surface area contributed by atoms with Crippen molar-refractivity contribution >= 4 is 27.3 Å². The van der Waals surface area contributed by atoms with Gasteiger partial charge in [-0.2, -0.15) is 0 Å². The Hall–Kier alpha value is -3.90. The molecule has 0 spiro atoms. The van der Waals surface area contributed by atoms with Crippen LogP contribution in [0.4, 0.5) is 11.4 Å². The van der Waals surface area contributed by atoms with Crippen LogP contribution in [0.2, 0.25) is 0 Å². The van der Waals surface area contributed by atoms with Crippen molar-refractivity contribution in [2.24, 2.45) is 0 Å². The first-order chi connectivity index (χ1) is 16.3. The Bertz CT molecular complexity index is 1380. The Labute approximate surface area is 200 Å². The minimum absolute atomic E-state index is 0.0892. The Morgan fingerprint density at radius 2 is 1.32 bits per heavy atom. The van der Waals surface area contributed by atoms with E-state index in [0.29, 0.717) is 11.4 Å². The van der Waals surface area contributed by atoms with Crippen molar-refractivity contribution in [3.8, 4) is 0 Å². The summed E-state index contributed by atoms with van der Waals surface area (Å²) in [7, 11) is -3.94. The van der Waals surface area contributed by atoms with E-state index >= 15 is 0 Å². The fourth-order valence-electron chi connectivity index (χ4n) is 3.90. The number of anilines is 2. The highest BCUT2D eigenvalue weighted by atomic mass is 32.2. The molecule has 0 aliphatic heterocycles. The SMILES string of the molecule is Cc1cc(C)cc(NC(=O)c2ccccc2N(Cc2ccccc2)S(=O)(=O)c2ccccc2)c1. The van der Waals surface area contributed by atoms with Gasteiger partial charge in [0.25, 0.3) is 15.9 Å². The number of amides is 1. The van der Waals surface area contributed by atoms with Crippen LogP contribution in [0.25, 0.3) is 0 Å². The first-order valence-corrected chi connectivity index (χ1v) is 12.4. The van der Waals surface area contributed by atoms with Gasteiger partial charge in [-0.15, -0.1) is 0 Å². The lowest BCUT2D eigenvalue weighted by Gasteiger charge is -2.26. The molecule has 0 radical (unpaired) electrons. The molecule has 1 amide bonds. The van der Waals surface area contributed by atoms with Gasteiger partial charge in [-0.05, 0) is 66.9 Å². The van der Waals surface area contributed by atoms with Crippen molar-refractivity contribution in [3.05, 3.63) is 125 Å². The zero-order chi connectivity index (χ0) is 24.1. The molecule has 4 rings (SSSR count). The highest BCUT2D eigenvalue weighted by Crippen LogP contribution is 2.30. The number of aryl methyl sites for hydroxylation is 2. The topological polar surface area (TPSA) is 66.5 Å². The second-order valence-corrected chi connectivity index (χ2v) is 10.0. The molecule has 0 saturated heterocycles. The maximum atomic E-state index is 13.8. The maximum Gasteiger partial charge on any atom is 0.264 e. The molecule has 5 nitrogen and oxygen atoms in total. The van der Waals surface area contributed by atoms with Crippen LogP contribution < -0.4 is 9.62 Å². The molecule has 0 aliphatic rings. The second kappa shape index (κ2) is 9.93. The van der Waals surface area contributed by atoms with Crippen LogP contribution in [-0.4, -0.2) is 14.3 Å². The molecule has 0 unspecified atom stereocenters. The molecule has 0 atom stereocenters. The van der Waals surface area contributed by atoms with E-state index in [1.807, 2.05) is 62.4 Å². The van der Waals surface area contributed by atoms with Gasteiger partial charge in [-0.1, -0.05) is 66.7 Å². The minimum atomic E-state index is -3.94. The van der Waals surface area contributed by atoms with Gasteiger partial charge in [-0.3, -0.25) is 9.10 Å². The standard InChI is InChI=1S/C28H26N2O3S/c1-21-17-22(2)19-24(18-21)29-28(31)26-15-9-10-16-27(26)30(20-23-11-5-3-6-12-23)34(32,33)25-13-7-4-8-14-25/h3-19H,20H2,1-2H3,(H,29,31). The number of nitrogens with zero attached hydrogens (tertiary/aromatic N) is 1. The minimum Gasteiger partial charge on any atom is -0.322 e. The molecule has 1 N–H and O–H groups in total. The summed E-state index contributed by atoms with van der Waals surface area (Å²) in [5.41, 5.74) is 4.13. The van der Waals surface area contributed by atoms with Crippen LogP contribution in [0.15, 0.2) is 108 Å². The van der Waals surface area contributed by atoms with E-state index < -0.39 is 10.0 Å². The zero-order valence-electron chi connectivity index (χ0n) is 19.1. The predicted octanol–water partition coefficient (Wildman–Crippen LogP) is 5.95. The van der Waals surface area contributed by atoms with Crippen LogP contribution in [0.3, 0.4) is 0 Å². The van der Waals surface area contributed by atoms with E-state index in [9.17, 15) is 13.2 Å². The van der Waals surface area contributed by atoms with Gasteiger partial charge in [0.15, 0.2) is 0 Å². The van der Waals surface area contributed by atoms with Gasteiger partial charge < -0.3 is 5.32 Å². The molecule has 0 saturated carbocycles. The van der Waals surface area contributed by atoms with Crippen LogP contribution in [0.1, 0.15) is 27.0 Å². The van der Waals surface area contributed by atoms with E-state index in [2.05, 4.69) is 5.32 Å². The van der Waals surface area contributed by atoms with Crippen molar-refractivity contribution in [1.29, 1.82) is 0 Å². The monoisotopic (exact) mass is 470 g/mol.